The highest BCUT2D eigenvalue weighted by Gasteiger charge is 2.53. The first-order valence-electron chi connectivity index (χ1n) is 7.61. The van der Waals surface area contributed by atoms with Gasteiger partial charge in [-0.15, -0.1) is 34.2 Å². The lowest BCUT2D eigenvalue weighted by molar-refractivity contribution is -0.0668. The molecule has 0 aromatic carbocycles. The van der Waals surface area contributed by atoms with Gasteiger partial charge in [-0.3, -0.25) is 0 Å². The van der Waals surface area contributed by atoms with Gasteiger partial charge in [0.1, 0.15) is 12.4 Å². The van der Waals surface area contributed by atoms with Crippen LogP contribution >= 0.6 is 24.0 Å². The lowest BCUT2D eigenvalue weighted by atomic mass is 9.65. The Kier molecular flexibility index (Phi) is 5.86. The van der Waals surface area contributed by atoms with E-state index in [1.165, 1.54) is 0 Å². The summed E-state index contributed by atoms with van der Waals surface area (Å²) in [5, 5.41) is 11.6. The molecule has 6 nitrogen and oxygen atoms in total. The number of guanidine groups is 1. The standard InChI is InChI=1S/C15H28N6.HI/c1-8-16-13(21-10-14(3,4)15(21,5)6)17-9-12-19-18-11(2)20(12)7;/h8-10H2,1-7H3,(H,16,17);1H. The van der Waals surface area contributed by atoms with Gasteiger partial charge in [0, 0.05) is 31.1 Å². The minimum atomic E-state index is 0. The molecule has 1 aliphatic rings. The quantitative estimate of drug-likeness (QED) is 0.463. The van der Waals surface area contributed by atoms with Crippen LogP contribution in [0.2, 0.25) is 0 Å². The molecule has 1 aromatic rings. The maximum absolute atomic E-state index is 4.75. The summed E-state index contributed by atoms with van der Waals surface area (Å²) in [6.45, 7) is 15.6. The molecule has 0 unspecified atom stereocenters. The molecule has 1 fully saturated rings. The van der Waals surface area contributed by atoms with Crippen LogP contribution in [0.25, 0.3) is 0 Å². The molecular weight excluding hydrogens is 391 g/mol. The van der Waals surface area contributed by atoms with E-state index in [1.807, 2.05) is 18.5 Å². The smallest absolute Gasteiger partial charge is 0.194 e. The van der Waals surface area contributed by atoms with Gasteiger partial charge in [-0.1, -0.05) is 13.8 Å². The largest absolute Gasteiger partial charge is 0.356 e. The first-order valence-corrected chi connectivity index (χ1v) is 7.61. The van der Waals surface area contributed by atoms with Gasteiger partial charge in [-0.05, 0) is 27.7 Å². The van der Waals surface area contributed by atoms with Crippen molar-refractivity contribution in [3.63, 3.8) is 0 Å². The summed E-state index contributed by atoms with van der Waals surface area (Å²) in [5.74, 6) is 2.76. The van der Waals surface area contributed by atoms with Crippen LogP contribution in [0.1, 0.15) is 46.3 Å². The number of halogens is 1. The number of nitrogens with one attached hydrogen (secondary N) is 1. The molecule has 1 N–H and O–H groups in total. The van der Waals surface area contributed by atoms with Crippen LogP contribution in [-0.2, 0) is 13.6 Å². The monoisotopic (exact) mass is 420 g/mol. The topological polar surface area (TPSA) is 58.3 Å². The fraction of sp³-hybridized carbons (Fsp3) is 0.800. The van der Waals surface area contributed by atoms with Crippen LogP contribution in [0.5, 0.6) is 0 Å². The fourth-order valence-electron chi connectivity index (χ4n) is 2.53. The Morgan fingerprint density at radius 2 is 1.91 bits per heavy atom. The average molecular weight is 420 g/mol. The summed E-state index contributed by atoms with van der Waals surface area (Å²) in [5.41, 5.74) is 0.397. The van der Waals surface area contributed by atoms with Crippen molar-refractivity contribution in [1.82, 2.24) is 25.0 Å². The average Bonchev–Trinajstić information content (AvgIpc) is 2.73. The molecule has 0 saturated carbocycles. The Morgan fingerprint density at radius 3 is 2.32 bits per heavy atom. The SMILES string of the molecule is CCNC(=NCc1nnc(C)n1C)N1CC(C)(C)C1(C)C.I. The summed E-state index contributed by atoms with van der Waals surface area (Å²) in [6.07, 6.45) is 0. The summed E-state index contributed by atoms with van der Waals surface area (Å²) >= 11 is 0. The normalized spacial score (nSPS) is 19.4. The van der Waals surface area contributed by atoms with Crippen molar-refractivity contribution in [3.05, 3.63) is 11.6 Å². The first-order chi connectivity index (χ1) is 9.70. The third-order valence-corrected chi connectivity index (χ3v) is 5.03. The van der Waals surface area contributed by atoms with E-state index in [2.05, 4.69) is 55.0 Å². The molecule has 0 bridgehead atoms. The number of aliphatic imine (C=N–C) groups is 1. The van der Waals surface area contributed by atoms with Crippen molar-refractivity contribution in [1.29, 1.82) is 0 Å². The lowest BCUT2D eigenvalue weighted by Crippen LogP contribution is -2.72. The summed E-state index contributed by atoms with van der Waals surface area (Å²) in [6, 6.07) is 0. The molecule has 7 heteroatoms. The van der Waals surface area contributed by atoms with E-state index in [9.17, 15) is 0 Å². The maximum Gasteiger partial charge on any atom is 0.194 e. The van der Waals surface area contributed by atoms with Crippen molar-refractivity contribution in [2.75, 3.05) is 13.1 Å². The van der Waals surface area contributed by atoms with Crippen molar-refractivity contribution in [2.45, 2.75) is 53.6 Å². The van der Waals surface area contributed by atoms with Crippen molar-refractivity contribution in [3.8, 4) is 0 Å². The zero-order chi connectivity index (χ0) is 15.8. The molecule has 0 atom stereocenters. The molecule has 126 valence electrons. The van der Waals surface area contributed by atoms with Gasteiger partial charge in [-0.25, -0.2) is 4.99 Å². The third-order valence-electron chi connectivity index (χ3n) is 5.03. The molecule has 22 heavy (non-hydrogen) atoms. The van der Waals surface area contributed by atoms with E-state index in [0.717, 1.165) is 30.7 Å². The number of aryl methyl sites for hydroxylation is 1. The Balaban J connectivity index is 0.00000242. The molecule has 1 aromatic heterocycles. The van der Waals surface area contributed by atoms with E-state index in [-0.39, 0.29) is 29.5 Å². The first kappa shape index (κ1) is 19.2. The van der Waals surface area contributed by atoms with Gasteiger partial charge in [0.15, 0.2) is 11.8 Å². The van der Waals surface area contributed by atoms with Crippen LogP contribution in [0.4, 0.5) is 0 Å². The predicted molar refractivity (Wildman–Crippen MR) is 101 cm³/mol. The molecule has 0 aliphatic carbocycles. The van der Waals surface area contributed by atoms with E-state index < -0.39 is 0 Å². The molecule has 0 radical (unpaired) electrons. The van der Waals surface area contributed by atoms with Gasteiger partial charge in [-0.2, -0.15) is 0 Å². The van der Waals surface area contributed by atoms with Gasteiger partial charge in [0.2, 0.25) is 0 Å². The number of nitrogens with zero attached hydrogens (tertiary/aromatic N) is 5. The number of hydrogen-bond acceptors (Lipinski definition) is 3. The molecular formula is C15H29IN6. The zero-order valence-electron chi connectivity index (χ0n) is 14.8. The third kappa shape index (κ3) is 3.23. The Hall–Kier alpha value is -0.860. The Morgan fingerprint density at radius 1 is 1.27 bits per heavy atom. The summed E-state index contributed by atoms with van der Waals surface area (Å²) < 4.78 is 1.98. The minimum Gasteiger partial charge on any atom is -0.356 e. The summed E-state index contributed by atoms with van der Waals surface area (Å²) in [7, 11) is 1.98. The molecule has 1 aliphatic heterocycles. The van der Waals surface area contributed by atoms with Crippen LogP contribution < -0.4 is 5.32 Å². The second-order valence-corrected chi connectivity index (χ2v) is 6.92. The zero-order valence-corrected chi connectivity index (χ0v) is 17.1. The Labute approximate surface area is 150 Å². The maximum atomic E-state index is 4.75. The highest BCUT2D eigenvalue weighted by Crippen LogP contribution is 2.46. The van der Waals surface area contributed by atoms with Gasteiger partial charge < -0.3 is 14.8 Å². The number of hydrogen-bond donors (Lipinski definition) is 1. The summed E-state index contributed by atoms with van der Waals surface area (Å²) in [4.78, 5) is 7.10. The second-order valence-electron chi connectivity index (χ2n) is 6.92. The molecule has 1 saturated heterocycles. The van der Waals surface area contributed by atoms with E-state index >= 15 is 0 Å². The highest BCUT2D eigenvalue weighted by atomic mass is 127. The fourth-order valence-corrected chi connectivity index (χ4v) is 2.53. The number of rotatable bonds is 3. The number of aromatic nitrogens is 3. The van der Waals surface area contributed by atoms with Crippen molar-refractivity contribution in [2.24, 2.45) is 17.5 Å². The number of likely N-dealkylation sites (tertiary alicyclic amines) is 1. The van der Waals surface area contributed by atoms with Gasteiger partial charge in [0.25, 0.3) is 0 Å². The second kappa shape index (κ2) is 6.72. The van der Waals surface area contributed by atoms with Crippen molar-refractivity contribution < 1.29 is 0 Å². The van der Waals surface area contributed by atoms with Gasteiger partial charge >= 0.3 is 0 Å². The van der Waals surface area contributed by atoms with Crippen LogP contribution in [0, 0.1) is 12.3 Å². The van der Waals surface area contributed by atoms with E-state index in [4.69, 9.17) is 4.99 Å². The van der Waals surface area contributed by atoms with Crippen LogP contribution in [0.15, 0.2) is 4.99 Å². The van der Waals surface area contributed by atoms with E-state index in [1.54, 1.807) is 0 Å². The molecule has 0 amide bonds. The van der Waals surface area contributed by atoms with Crippen LogP contribution in [-0.4, -0.2) is 44.3 Å². The minimum absolute atomic E-state index is 0. The van der Waals surface area contributed by atoms with E-state index in [0.29, 0.717) is 12.0 Å². The Bertz CT molecular complexity index is 546. The molecule has 2 rings (SSSR count). The molecule has 0 spiro atoms. The van der Waals surface area contributed by atoms with Gasteiger partial charge in [0.05, 0.1) is 0 Å². The predicted octanol–water partition coefficient (Wildman–Crippen LogP) is 2.33. The van der Waals surface area contributed by atoms with Crippen molar-refractivity contribution >= 4 is 29.9 Å². The van der Waals surface area contributed by atoms with Crippen LogP contribution in [0.3, 0.4) is 0 Å². The lowest BCUT2D eigenvalue weighted by Gasteiger charge is -2.62. The highest BCUT2D eigenvalue weighted by molar-refractivity contribution is 14.0. The molecule has 2 heterocycles.